The fourth-order valence-electron chi connectivity index (χ4n) is 1.57. The quantitative estimate of drug-likeness (QED) is 0.672. The Labute approximate surface area is 141 Å². The molecule has 2 amide bonds. The van der Waals surface area contributed by atoms with Crippen molar-refractivity contribution in [1.29, 1.82) is 0 Å². The van der Waals surface area contributed by atoms with Crippen LogP contribution in [0.1, 0.15) is 15.2 Å². The highest BCUT2D eigenvalue weighted by Crippen LogP contribution is 2.22. The van der Waals surface area contributed by atoms with E-state index in [4.69, 9.17) is 5.11 Å². The Morgan fingerprint density at radius 3 is 2.62 bits per heavy atom. The molecule has 0 spiro atoms. The first-order valence-corrected chi connectivity index (χ1v) is 8.23. The molecule has 2 rings (SSSR count). The van der Waals surface area contributed by atoms with Crippen molar-refractivity contribution in [3.8, 4) is 0 Å². The molecule has 3 N–H and O–H groups in total. The van der Waals surface area contributed by atoms with Gasteiger partial charge in [-0.2, -0.15) is 0 Å². The van der Waals surface area contributed by atoms with Crippen molar-refractivity contribution >= 4 is 60.9 Å². The lowest BCUT2D eigenvalue weighted by Gasteiger charge is -2.08. The van der Waals surface area contributed by atoms with Crippen molar-refractivity contribution in [3.63, 3.8) is 0 Å². The monoisotopic (exact) mass is 432 g/mol. The number of carbonyl (C=O) groups excluding carboxylic acids is 1. The van der Waals surface area contributed by atoms with E-state index < -0.39 is 12.0 Å². The largest absolute Gasteiger partial charge is 0.478 e. The van der Waals surface area contributed by atoms with Crippen LogP contribution < -0.4 is 10.6 Å². The highest BCUT2D eigenvalue weighted by Gasteiger charge is 2.09. The Bertz CT molecular complexity index is 688. The van der Waals surface area contributed by atoms with Gasteiger partial charge in [0.1, 0.15) is 0 Å². The molecule has 0 aliphatic rings. The first-order valence-electron chi connectivity index (χ1n) is 5.76. The molecular formula is C13H10Br2N2O3S. The van der Waals surface area contributed by atoms with E-state index in [2.05, 4.69) is 42.5 Å². The molecule has 1 aromatic carbocycles. The van der Waals surface area contributed by atoms with E-state index >= 15 is 0 Å². The van der Waals surface area contributed by atoms with Crippen LogP contribution in [0.25, 0.3) is 0 Å². The van der Waals surface area contributed by atoms with Gasteiger partial charge in [0.15, 0.2) is 0 Å². The molecule has 0 atom stereocenters. The van der Waals surface area contributed by atoms with E-state index in [0.717, 1.165) is 9.35 Å². The zero-order chi connectivity index (χ0) is 15.4. The highest BCUT2D eigenvalue weighted by molar-refractivity contribution is 9.10. The zero-order valence-corrected chi connectivity index (χ0v) is 14.5. The SMILES string of the molecule is O=C(NCc1sccc1Br)Nc1cc(Br)cc(C(=O)O)c1. The molecule has 1 aromatic heterocycles. The van der Waals surface area contributed by atoms with Crippen LogP contribution in [-0.4, -0.2) is 17.1 Å². The lowest BCUT2D eigenvalue weighted by atomic mass is 10.2. The van der Waals surface area contributed by atoms with Crippen LogP contribution >= 0.6 is 43.2 Å². The Kier molecular flexibility index (Phi) is 5.38. The topological polar surface area (TPSA) is 78.4 Å². The Morgan fingerprint density at radius 1 is 1.24 bits per heavy atom. The molecular weight excluding hydrogens is 424 g/mol. The Balaban J connectivity index is 1.99. The molecule has 8 heteroatoms. The molecule has 5 nitrogen and oxygen atoms in total. The summed E-state index contributed by atoms with van der Waals surface area (Å²) in [5.41, 5.74) is 0.505. The zero-order valence-electron chi connectivity index (χ0n) is 10.5. The maximum absolute atomic E-state index is 11.8. The molecule has 0 saturated heterocycles. The number of hydrogen-bond donors (Lipinski definition) is 3. The molecule has 0 saturated carbocycles. The van der Waals surface area contributed by atoms with Gasteiger partial charge < -0.3 is 15.7 Å². The Hall–Kier alpha value is -1.38. The molecule has 21 heavy (non-hydrogen) atoms. The summed E-state index contributed by atoms with van der Waals surface area (Å²) < 4.78 is 1.53. The molecule has 0 aliphatic heterocycles. The molecule has 110 valence electrons. The number of urea groups is 1. The van der Waals surface area contributed by atoms with Crippen LogP contribution in [0.3, 0.4) is 0 Å². The van der Waals surface area contributed by atoms with Crippen molar-refractivity contribution in [2.75, 3.05) is 5.32 Å². The molecule has 0 radical (unpaired) electrons. The molecule has 2 aromatic rings. The average Bonchev–Trinajstić information content (AvgIpc) is 2.81. The summed E-state index contributed by atoms with van der Waals surface area (Å²) >= 11 is 8.13. The van der Waals surface area contributed by atoms with Crippen LogP contribution in [0.4, 0.5) is 10.5 Å². The molecule has 0 unspecified atom stereocenters. The Morgan fingerprint density at radius 2 is 2.00 bits per heavy atom. The number of hydrogen-bond acceptors (Lipinski definition) is 3. The molecule has 0 aliphatic carbocycles. The van der Waals surface area contributed by atoms with E-state index in [-0.39, 0.29) is 5.56 Å². The van der Waals surface area contributed by atoms with Gasteiger partial charge in [-0.1, -0.05) is 15.9 Å². The van der Waals surface area contributed by atoms with E-state index in [1.54, 1.807) is 6.07 Å². The van der Waals surface area contributed by atoms with Crippen molar-refractivity contribution in [3.05, 3.63) is 49.0 Å². The van der Waals surface area contributed by atoms with E-state index in [1.807, 2.05) is 11.4 Å². The number of thiophene rings is 1. The predicted molar refractivity (Wildman–Crippen MR) is 89.0 cm³/mol. The third-order valence-corrected chi connectivity index (χ3v) is 4.89. The van der Waals surface area contributed by atoms with Gasteiger partial charge in [-0.25, -0.2) is 9.59 Å². The minimum Gasteiger partial charge on any atom is -0.478 e. The van der Waals surface area contributed by atoms with Gasteiger partial charge in [0, 0.05) is 19.5 Å². The number of carboxylic acid groups (broad SMARTS) is 1. The van der Waals surface area contributed by atoms with Crippen LogP contribution in [0.2, 0.25) is 0 Å². The summed E-state index contributed by atoms with van der Waals surface area (Å²) in [4.78, 5) is 23.8. The number of anilines is 1. The van der Waals surface area contributed by atoms with Crippen molar-refractivity contribution in [2.24, 2.45) is 0 Å². The fraction of sp³-hybridized carbons (Fsp3) is 0.0769. The van der Waals surface area contributed by atoms with E-state index in [0.29, 0.717) is 16.7 Å². The van der Waals surface area contributed by atoms with Crippen molar-refractivity contribution in [1.82, 2.24) is 5.32 Å². The van der Waals surface area contributed by atoms with Gasteiger partial charge in [0.2, 0.25) is 0 Å². The first-order chi connectivity index (χ1) is 9.95. The third-order valence-electron chi connectivity index (χ3n) is 2.50. The molecule has 0 fully saturated rings. The fourth-order valence-corrected chi connectivity index (χ4v) is 3.50. The van der Waals surface area contributed by atoms with Gasteiger partial charge in [-0.3, -0.25) is 0 Å². The van der Waals surface area contributed by atoms with E-state index in [1.165, 1.54) is 23.5 Å². The van der Waals surface area contributed by atoms with Gasteiger partial charge in [0.25, 0.3) is 0 Å². The summed E-state index contributed by atoms with van der Waals surface area (Å²) in [7, 11) is 0. The number of carbonyl (C=O) groups is 2. The second-order valence-corrected chi connectivity index (χ2v) is 6.80. The number of halogens is 2. The maximum Gasteiger partial charge on any atom is 0.335 e. The van der Waals surface area contributed by atoms with Gasteiger partial charge >= 0.3 is 12.0 Å². The average molecular weight is 434 g/mol. The summed E-state index contributed by atoms with van der Waals surface area (Å²) in [6, 6.07) is 6.01. The second-order valence-electron chi connectivity index (χ2n) is 4.03. The lowest BCUT2D eigenvalue weighted by Crippen LogP contribution is -2.28. The number of rotatable bonds is 4. The predicted octanol–water partition coefficient (Wildman–Crippen LogP) is 4.29. The standard InChI is InChI=1S/C13H10Br2N2O3S/c14-8-3-7(12(18)19)4-9(5-8)17-13(20)16-6-11-10(15)1-2-21-11/h1-5H,6H2,(H,18,19)(H2,16,17,20). The number of aromatic carboxylic acids is 1. The van der Waals surface area contributed by atoms with Crippen LogP contribution in [0.5, 0.6) is 0 Å². The summed E-state index contributed by atoms with van der Waals surface area (Å²) in [6.07, 6.45) is 0. The normalized spacial score (nSPS) is 10.2. The smallest absolute Gasteiger partial charge is 0.335 e. The molecule has 0 bridgehead atoms. The minimum atomic E-state index is -1.05. The van der Waals surface area contributed by atoms with Crippen molar-refractivity contribution < 1.29 is 14.7 Å². The van der Waals surface area contributed by atoms with E-state index in [9.17, 15) is 9.59 Å². The second kappa shape index (κ2) is 7.06. The van der Waals surface area contributed by atoms with Gasteiger partial charge in [0.05, 0.1) is 12.1 Å². The van der Waals surface area contributed by atoms with Crippen LogP contribution in [0.15, 0.2) is 38.6 Å². The van der Waals surface area contributed by atoms with Gasteiger partial charge in [-0.05, 0) is 45.6 Å². The van der Waals surface area contributed by atoms with Crippen LogP contribution in [0, 0.1) is 0 Å². The first kappa shape index (κ1) is 16.0. The number of benzene rings is 1. The van der Waals surface area contributed by atoms with Gasteiger partial charge in [-0.15, -0.1) is 11.3 Å². The number of nitrogens with one attached hydrogen (secondary N) is 2. The summed E-state index contributed by atoms with van der Waals surface area (Å²) in [5.74, 6) is -1.05. The number of amides is 2. The number of carboxylic acids is 1. The summed E-state index contributed by atoms with van der Waals surface area (Å²) in [5, 5.41) is 16.2. The molecule has 1 heterocycles. The minimum absolute atomic E-state index is 0.0978. The third kappa shape index (κ3) is 4.55. The summed E-state index contributed by atoms with van der Waals surface area (Å²) in [6.45, 7) is 0.393. The lowest BCUT2D eigenvalue weighted by molar-refractivity contribution is 0.0697. The maximum atomic E-state index is 11.8. The highest BCUT2D eigenvalue weighted by atomic mass is 79.9. The van der Waals surface area contributed by atoms with Crippen LogP contribution in [-0.2, 0) is 6.54 Å². The van der Waals surface area contributed by atoms with Crippen molar-refractivity contribution in [2.45, 2.75) is 6.54 Å².